The predicted molar refractivity (Wildman–Crippen MR) is 68.1 cm³/mol. The van der Waals surface area contributed by atoms with Crippen LogP contribution in [0.2, 0.25) is 5.02 Å². The fourth-order valence-corrected chi connectivity index (χ4v) is 2.40. The van der Waals surface area contributed by atoms with E-state index in [4.69, 9.17) is 11.6 Å². The van der Waals surface area contributed by atoms with E-state index >= 15 is 0 Å². The fraction of sp³-hybridized carbons (Fsp3) is 0.538. The lowest BCUT2D eigenvalue weighted by molar-refractivity contribution is 0.199. The van der Waals surface area contributed by atoms with Crippen LogP contribution in [0.4, 0.5) is 5.69 Å². The molecular formula is C13H18ClNO. The predicted octanol–water partition coefficient (Wildman–Crippen LogP) is 3.38. The third-order valence-electron chi connectivity index (χ3n) is 3.09. The molecular weight excluding hydrogens is 222 g/mol. The van der Waals surface area contributed by atoms with Gasteiger partial charge in [0.15, 0.2) is 0 Å². The van der Waals surface area contributed by atoms with Crippen molar-refractivity contribution in [1.29, 1.82) is 0 Å². The summed E-state index contributed by atoms with van der Waals surface area (Å²) in [7, 11) is 0. The van der Waals surface area contributed by atoms with Gasteiger partial charge in [0.2, 0.25) is 0 Å². The first-order valence-electron chi connectivity index (χ1n) is 5.87. The zero-order valence-electron chi connectivity index (χ0n) is 9.78. The summed E-state index contributed by atoms with van der Waals surface area (Å²) in [5.74, 6) is 0. The first kappa shape index (κ1) is 11.7. The standard InChI is InChI=1S/C13H18ClNO/c1-3-15(10-4-5-10)11-6-7-12(9(2)16)13(14)8-11/h6-10,16H,3-5H2,1-2H3. The van der Waals surface area contributed by atoms with Gasteiger partial charge in [-0.15, -0.1) is 0 Å². The molecule has 1 N–H and O–H groups in total. The van der Waals surface area contributed by atoms with Crippen molar-refractivity contribution in [2.45, 2.75) is 38.8 Å². The zero-order chi connectivity index (χ0) is 11.7. The largest absolute Gasteiger partial charge is 0.389 e. The highest BCUT2D eigenvalue weighted by Crippen LogP contribution is 2.34. The van der Waals surface area contributed by atoms with Crippen molar-refractivity contribution < 1.29 is 5.11 Å². The molecule has 1 aromatic carbocycles. The van der Waals surface area contributed by atoms with Crippen molar-refractivity contribution in [3.63, 3.8) is 0 Å². The average Bonchev–Trinajstić information content (AvgIpc) is 3.02. The number of aliphatic hydroxyl groups excluding tert-OH is 1. The van der Waals surface area contributed by atoms with Crippen LogP contribution < -0.4 is 4.90 Å². The number of rotatable bonds is 4. The average molecular weight is 240 g/mol. The maximum atomic E-state index is 9.51. The minimum absolute atomic E-state index is 0.502. The van der Waals surface area contributed by atoms with E-state index in [2.05, 4.69) is 17.9 Å². The molecule has 1 aliphatic rings. The third-order valence-corrected chi connectivity index (χ3v) is 3.42. The van der Waals surface area contributed by atoms with Crippen LogP contribution in [0.3, 0.4) is 0 Å². The van der Waals surface area contributed by atoms with Gasteiger partial charge in [0.25, 0.3) is 0 Å². The number of halogens is 1. The lowest BCUT2D eigenvalue weighted by Gasteiger charge is -2.23. The first-order chi connectivity index (χ1) is 7.63. The van der Waals surface area contributed by atoms with E-state index in [9.17, 15) is 5.11 Å². The highest BCUT2D eigenvalue weighted by Gasteiger charge is 2.28. The van der Waals surface area contributed by atoms with Crippen LogP contribution in [0.25, 0.3) is 0 Å². The van der Waals surface area contributed by atoms with Crippen molar-refractivity contribution in [3.05, 3.63) is 28.8 Å². The number of hydrogen-bond acceptors (Lipinski definition) is 2. The Kier molecular flexibility index (Phi) is 3.41. The number of benzene rings is 1. The smallest absolute Gasteiger partial charge is 0.0776 e. The van der Waals surface area contributed by atoms with Gasteiger partial charge in [-0.3, -0.25) is 0 Å². The van der Waals surface area contributed by atoms with Gasteiger partial charge in [0, 0.05) is 23.3 Å². The molecule has 88 valence electrons. The summed E-state index contributed by atoms with van der Waals surface area (Å²) in [5.41, 5.74) is 1.97. The molecule has 1 fully saturated rings. The maximum Gasteiger partial charge on any atom is 0.0776 e. The summed E-state index contributed by atoms with van der Waals surface area (Å²) in [4.78, 5) is 2.37. The Labute approximate surface area is 102 Å². The zero-order valence-corrected chi connectivity index (χ0v) is 10.5. The molecule has 16 heavy (non-hydrogen) atoms. The summed E-state index contributed by atoms with van der Waals surface area (Å²) >= 11 is 6.16. The lowest BCUT2D eigenvalue weighted by Crippen LogP contribution is -2.24. The first-order valence-corrected chi connectivity index (χ1v) is 6.25. The highest BCUT2D eigenvalue weighted by atomic mass is 35.5. The molecule has 2 rings (SSSR count). The van der Waals surface area contributed by atoms with Crippen LogP contribution >= 0.6 is 11.6 Å². The Morgan fingerprint density at radius 1 is 1.50 bits per heavy atom. The molecule has 1 saturated carbocycles. The van der Waals surface area contributed by atoms with E-state index < -0.39 is 6.10 Å². The van der Waals surface area contributed by atoms with Gasteiger partial charge in [0.1, 0.15) is 0 Å². The summed E-state index contributed by atoms with van der Waals surface area (Å²) in [5, 5.41) is 10.2. The molecule has 0 spiro atoms. The minimum atomic E-state index is -0.502. The molecule has 0 radical (unpaired) electrons. The van der Waals surface area contributed by atoms with Crippen molar-refractivity contribution in [1.82, 2.24) is 0 Å². The number of anilines is 1. The topological polar surface area (TPSA) is 23.5 Å². The van der Waals surface area contributed by atoms with Crippen LogP contribution in [0.1, 0.15) is 38.4 Å². The molecule has 2 nitrogen and oxygen atoms in total. The fourth-order valence-electron chi connectivity index (χ4n) is 2.07. The van der Waals surface area contributed by atoms with Crippen LogP contribution in [0, 0.1) is 0 Å². The Bertz CT molecular complexity index is 374. The highest BCUT2D eigenvalue weighted by molar-refractivity contribution is 6.31. The maximum absolute atomic E-state index is 9.51. The van der Waals surface area contributed by atoms with Gasteiger partial charge in [-0.2, -0.15) is 0 Å². The van der Waals surface area contributed by atoms with Crippen molar-refractivity contribution in [3.8, 4) is 0 Å². The van der Waals surface area contributed by atoms with E-state index in [1.54, 1.807) is 6.92 Å². The van der Waals surface area contributed by atoms with Crippen LogP contribution in [-0.4, -0.2) is 17.7 Å². The van der Waals surface area contributed by atoms with Gasteiger partial charge >= 0.3 is 0 Å². The molecule has 1 atom stereocenters. The molecule has 0 bridgehead atoms. The second kappa shape index (κ2) is 4.64. The van der Waals surface area contributed by atoms with Gasteiger partial charge in [-0.05, 0) is 44.4 Å². The van der Waals surface area contributed by atoms with E-state index in [1.165, 1.54) is 18.5 Å². The van der Waals surface area contributed by atoms with E-state index in [0.29, 0.717) is 11.1 Å². The van der Waals surface area contributed by atoms with Gasteiger partial charge in [0.05, 0.1) is 6.10 Å². The summed E-state index contributed by atoms with van der Waals surface area (Å²) in [6.07, 6.45) is 2.06. The quantitative estimate of drug-likeness (QED) is 0.871. The molecule has 0 aromatic heterocycles. The van der Waals surface area contributed by atoms with Crippen LogP contribution in [0.5, 0.6) is 0 Å². The molecule has 1 aromatic rings. The number of aliphatic hydroxyl groups is 1. The van der Waals surface area contributed by atoms with Crippen molar-refractivity contribution in [2.75, 3.05) is 11.4 Å². The summed E-state index contributed by atoms with van der Waals surface area (Å²) in [6.45, 7) is 4.91. The van der Waals surface area contributed by atoms with Crippen molar-refractivity contribution >= 4 is 17.3 Å². The summed E-state index contributed by atoms with van der Waals surface area (Å²) < 4.78 is 0. The number of hydrogen-bond donors (Lipinski definition) is 1. The van der Waals surface area contributed by atoms with E-state index in [-0.39, 0.29) is 0 Å². The van der Waals surface area contributed by atoms with Crippen LogP contribution in [-0.2, 0) is 0 Å². The number of nitrogens with zero attached hydrogens (tertiary/aromatic N) is 1. The molecule has 0 aliphatic heterocycles. The molecule has 0 saturated heterocycles. The van der Waals surface area contributed by atoms with E-state index in [0.717, 1.165) is 12.1 Å². The summed E-state index contributed by atoms with van der Waals surface area (Å²) in [6, 6.07) is 6.63. The molecule has 0 amide bonds. The molecule has 0 heterocycles. The molecule has 1 aliphatic carbocycles. The Morgan fingerprint density at radius 3 is 2.62 bits per heavy atom. The monoisotopic (exact) mass is 239 g/mol. The Morgan fingerprint density at radius 2 is 2.19 bits per heavy atom. The minimum Gasteiger partial charge on any atom is -0.389 e. The van der Waals surface area contributed by atoms with Gasteiger partial charge < -0.3 is 10.0 Å². The SMILES string of the molecule is CCN(c1ccc(C(C)O)c(Cl)c1)C1CC1. The van der Waals surface area contributed by atoms with E-state index in [1.807, 2.05) is 12.1 Å². The normalized spacial score (nSPS) is 17.2. The van der Waals surface area contributed by atoms with Gasteiger partial charge in [-0.25, -0.2) is 0 Å². The second-order valence-corrected chi connectivity index (χ2v) is 4.81. The Balaban J connectivity index is 2.25. The molecule has 3 heteroatoms. The second-order valence-electron chi connectivity index (χ2n) is 4.40. The Hall–Kier alpha value is -0.730. The molecule has 1 unspecified atom stereocenters. The third kappa shape index (κ3) is 2.33. The van der Waals surface area contributed by atoms with Crippen LogP contribution in [0.15, 0.2) is 18.2 Å². The lowest BCUT2D eigenvalue weighted by atomic mass is 10.1. The van der Waals surface area contributed by atoms with Crippen molar-refractivity contribution in [2.24, 2.45) is 0 Å². The van der Waals surface area contributed by atoms with Gasteiger partial charge in [-0.1, -0.05) is 17.7 Å².